The van der Waals surface area contributed by atoms with Gasteiger partial charge in [-0.25, -0.2) is 4.39 Å². The van der Waals surface area contributed by atoms with Crippen LogP contribution in [0.4, 0.5) is 4.39 Å². The number of piperidine rings is 1. The van der Waals surface area contributed by atoms with Crippen molar-refractivity contribution in [1.29, 1.82) is 0 Å². The van der Waals surface area contributed by atoms with Gasteiger partial charge in [0.05, 0.1) is 24.8 Å². The van der Waals surface area contributed by atoms with Crippen molar-refractivity contribution in [2.24, 2.45) is 0 Å². The molecular weight excluding hydrogens is 269 g/mol. The first kappa shape index (κ1) is 13.3. The Balaban J connectivity index is 1.71. The summed E-state index contributed by atoms with van der Waals surface area (Å²) < 4.78 is 25.3. The Hall–Kier alpha value is -0.680. The summed E-state index contributed by atoms with van der Waals surface area (Å²) in [6, 6.07) is 5.13. The quantitative estimate of drug-likeness (QED) is 0.834. The van der Waals surface area contributed by atoms with Crippen molar-refractivity contribution in [2.75, 3.05) is 26.3 Å². The van der Waals surface area contributed by atoms with Crippen LogP contribution >= 0.6 is 11.6 Å². The van der Waals surface area contributed by atoms with Crippen LogP contribution in [0.15, 0.2) is 18.2 Å². The standard InChI is InChI=1S/C14H17ClFNO2/c15-12-4-1-3-11(13(12)16)9-17-6-2-5-14(10-17)18-7-8-19-14/h1,3-4H,2,5-10H2. The summed E-state index contributed by atoms with van der Waals surface area (Å²) >= 11 is 5.81. The maximum atomic E-state index is 13.9. The van der Waals surface area contributed by atoms with Gasteiger partial charge in [-0.3, -0.25) is 4.90 Å². The molecule has 2 saturated heterocycles. The average Bonchev–Trinajstić information content (AvgIpc) is 2.83. The van der Waals surface area contributed by atoms with Gasteiger partial charge in [0.25, 0.3) is 0 Å². The first-order valence-corrected chi connectivity index (χ1v) is 6.99. The molecule has 3 rings (SSSR count). The van der Waals surface area contributed by atoms with Crippen molar-refractivity contribution in [1.82, 2.24) is 4.90 Å². The van der Waals surface area contributed by atoms with Gasteiger partial charge in [-0.1, -0.05) is 23.7 Å². The van der Waals surface area contributed by atoms with Crippen LogP contribution in [0.3, 0.4) is 0 Å². The lowest BCUT2D eigenvalue weighted by Crippen LogP contribution is -2.48. The Morgan fingerprint density at radius 1 is 1.32 bits per heavy atom. The largest absolute Gasteiger partial charge is 0.346 e. The smallest absolute Gasteiger partial charge is 0.181 e. The van der Waals surface area contributed by atoms with Gasteiger partial charge in [0, 0.05) is 18.5 Å². The molecule has 0 N–H and O–H groups in total. The predicted octanol–water partition coefficient (Wildman–Crippen LogP) is 2.82. The molecular formula is C14H17ClFNO2. The second kappa shape index (κ2) is 5.37. The molecule has 2 heterocycles. The van der Waals surface area contributed by atoms with E-state index in [1.54, 1.807) is 18.2 Å². The molecule has 1 spiro atoms. The number of likely N-dealkylation sites (tertiary alicyclic amines) is 1. The van der Waals surface area contributed by atoms with E-state index >= 15 is 0 Å². The van der Waals surface area contributed by atoms with Crippen LogP contribution in [0, 0.1) is 5.82 Å². The minimum absolute atomic E-state index is 0.178. The zero-order valence-electron chi connectivity index (χ0n) is 10.7. The van der Waals surface area contributed by atoms with Crippen molar-refractivity contribution in [3.05, 3.63) is 34.6 Å². The molecule has 0 bridgehead atoms. The van der Waals surface area contributed by atoms with Crippen LogP contribution in [0.5, 0.6) is 0 Å². The van der Waals surface area contributed by atoms with E-state index in [9.17, 15) is 4.39 Å². The molecule has 1 aromatic carbocycles. The number of ether oxygens (including phenoxy) is 2. The average molecular weight is 286 g/mol. The highest BCUT2D eigenvalue weighted by Gasteiger charge is 2.40. The third kappa shape index (κ3) is 2.77. The zero-order chi connectivity index (χ0) is 13.3. The summed E-state index contributed by atoms with van der Waals surface area (Å²) in [6.45, 7) is 3.47. The van der Waals surface area contributed by atoms with Crippen LogP contribution < -0.4 is 0 Å². The Labute approximate surface area is 117 Å². The highest BCUT2D eigenvalue weighted by atomic mass is 35.5. The number of halogens is 2. The maximum absolute atomic E-state index is 13.9. The summed E-state index contributed by atoms with van der Waals surface area (Å²) in [4.78, 5) is 2.17. The van der Waals surface area contributed by atoms with Crippen LogP contribution in [0.2, 0.25) is 5.02 Å². The number of nitrogens with zero attached hydrogens (tertiary/aromatic N) is 1. The maximum Gasteiger partial charge on any atom is 0.181 e. The molecule has 2 aliphatic rings. The zero-order valence-corrected chi connectivity index (χ0v) is 11.5. The normalized spacial score (nSPS) is 23.1. The van der Waals surface area contributed by atoms with E-state index in [2.05, 4.69) is 4.90 Å². The van der Waals surface area contributed by atoms with Crippen molar-refractivity contribution in [2.45, 2.75) is 25.2 Å². The van der Waals surface area contributed by atoms with Crippen molar-refractivity contribution >= 4 is 11.6 Å². The van der Waals surface area contributed by atoms with Crippen LogP contribution in [-0.4, -0.2) is 37.0 Å². The fourth-order valence-corrected chi connectivity index (χ4v) is 3.04. The van der Waals surface area contributed by atoms with Gasteiger partial charge in [0.2, 0.25) is 0 Å². The SMILES string of the molecule is Fc1c(Cl)cccc1CN1CCCC2(C1)OCCO2. The lowest BCUT2D eigenvalue weighted by Gasteiger charge is -2.38. The van der Waals surface area contributed by atoms with Crippen molar-refractivity contribution in [3.8, 4) is 0 Å². The van der Waals surface area contributed by atoms with Gasteiger partial charge in [-0.05, 0) is 19.0 Å². The topological polar surface area (TPSA) is 21.7 Å². The molecule has 19 heavy (non-hydrogen) atoms. The Morgan fingerprint density at radius 3 is 2.89 bits per heavy atom. The Morgan fingerprint density at radius 2 is 2.11 bits per heavy atom. The summed E-state index contributed by atoms with van der Waals surface area (Å²) in [7, 11) is 0. The highest BCUT2D eigenvalue weighted by Crippen LogP contribution is 2.31. The number of hydrogen-bond acceptors (Lipinski definition) is 3. The van der Waals surface area contributed by atoms with Gasteiger partial charge in [-0.2, -0.15) is 0 Å². The van der Waals surface area contributed by atoms with Gasteiger partial charge in [-0.15, -0.1) is 0 Å². The first-order chi connectivity index (χ1) is 9.19. The molecule has 1 aromatic rings. The lowest BCUT2D eigenvalue weighted by atomic mass is 10.0. The molecule has 0 aliphatic carbocycles. The van der Waals surface area contributed by atoms with E-state index < -0.39 is 5.79 Å². The molecule has 0 saturated carbocycles. The third-order valence-electron chi connectivity index (χ3n) is 3.74. The van der Waals surface area contributed by atoms with Gasteiger partial charge in [0.15, 0.2) is 5.79 Å². The van der Waals surface area contributed by atoms with E-state index in [0.29, 0.717) is 31.9 Å². The number of hydrogen-bond donors (Lipinski definition) is 0. The fourth-order valence-electron chi connectivity index (χ4n) is 2.85. The van der Waals surface area contributed by atoms with Crippen molar-refractivity contribution < 1.29 is 13.9 Å². The summed E-state index contributed by atoms with van der Waals surface area (Å²) in [5, 5.41) is 0.178. The summed E-state index contributed by atoms with van der Waals surface area (Å²) in [5.41, 5.74) is 0.627. The molecule has 0 unspecified atom stereocenters. The van der Waals surface area contributed by atoms with E-state index in [1.807, 2.05) is 0 Å². The monoisotopic (exact) mass is 285 g/mol. The van der Waals surface area contributed by atoms with E-state index in [-0.39, 0.29) is 10.8 Å². The molecule has 0 radical (unpaired) electrons. The molecule has 104 valence electrons. The first-order valence-electron chi connectivity index (χ1n) is 6.62. The predicted molar refractivity (Wildman–Crippen MR) is 70.6 cm³/mol. The highest BCUT2D eigenvalue weighted by molar-refractivity contribution is 6.30. The lowest BCUT2D eigenvalue weighted by molar-refractivity contribution is -0.190. The Kier molecular flexibility index (Phi) is 3.76. The minimum atomic E-state index is -0.465. The fraction of sp³-hybridized carbons (Fsp3) is 0.571. The van der Waals surface area contributed by atoms with Gasteiger partial charge >= 0.3 is 0 Å². The Bertz CT molecular complexity index is 463. The molecule has 3 nitrogen and oxygen atoms in total. The molecule has 0 amide bonds. The van der Waals surface area contributed by atoms with E-state index in [1.165, 1.54) is 0 Å². The number of rotatable bonds is 2. The second-order valence-corrected chi connectivity index (χ2v) is 5.54. The van der Waals surface area contributed by atoms with Crippen LogP contribution in [0.25, 0.3) is 0 Å². The van der Waals surface area contributed by atoms with Gasteiger partial charge in [0.1, 0.15) is 5.82 Å². The molecule has 0 atom stereocenters. The minimum Gasteiger partial charge on any atom is -0.346 e. The van der Waals surface area contributed by atoms with E-state index in [0.717, 1.165) is 19.4 Å². The van der Waals surface area contributed by atoms with Crippen LogP contribution in [-0.2, 0) is 16.0 Å². The third-order valence-corrected chi connectivity index (χ3v) is 4.03. The van der Waals surface area contributed by atoms with E-state index in [4.69, 9.17) is 21.1 Å². The molecule has 2 fully saturated rings. The van der Waals surface area contributed by atoms with Crippen molar-refractivity contribution in [3.63, 3.8) is 0 Å². The number of benzene rings is 1. The molecule has 0 aromatic heterocycles. The second-order valence-electron chi connectivity index (χ2n) is 5.13. The van der Waals surface area contributed by atoms with Crippen LogP contribution in [0.1, 0.15) is 18.4 Å². The summed E-state index contributed by atoms with van der Waals surface area (Å²) in [5.74, 6) is -0.787. The van der Waals surface area contributed by atoms with Gasteiger partial charge < -0.3 is 9.47 Å². The molecule has 5 heteroatoms. The molecule has 2 aliphatic heterocycles. The summed E-state index contributed by atoms with van der Waals surface area (Å²) in [6.07, 6.45) is 1.92.